The third-order valence-corrected chi connectivity index (χ3v) is 2.33. The topological polar surface area (TPSA) is 55.8 Å². The van der Waals surface area contributed by atoms with Crippen molar-refractivity contribution < 1.29 is 19.4 Å². The van der Waals surface area contributed by atoms with E-state index in [1.165, 1.54) is 0 Å². The van der Waals surface area contributed by atoms with Crippen LogP contribution in [0, 0.1) is 0 Å². The van der Waals surface area contributed by atoms with E-state index in [0.717, 1.165) is 12.8 Å². The van der Waals surface area contributed by atoms with Crippen molar-refractivity contribution in [1.82, 2.24) is 0 Å². The van der Waals surface area contributed by atoms with E-state index in [4.69, 9.17) is 9.47 Å². The minimum atomic E-state index is -1.74. The molecule has 0 aromatic carbocycles. The van der Waals surface area contributed by atoms with Gasteiger partial charge in [0.2, 0.25) is 0 Å². The zero-order valence-electron chi connectivity index (χ0n) is 9.00. The molecule has 0 bridgehead atoms. The van der Waals surface area contributed by atoms with E-state index < -0.39 is 17.4 Å². The monoisotopic (exact) mass is 202 g/mol. The van der Waals surface area contributed by atoms with E-state index in [0.29, 0.717) is 6.42 Å². The van der Waals surface area contributed by atoms with Crippen LogP contribution in [-0.2, 0) is 14.3 Å². The lowest BCUT2D eigenvalue weighted by atomic mass is 9.93. The Morgan fingerprint density at radius 1 is 1.50 bits per heavy atom. The summed E-state index contributed by atoms with van der Waals surface area (Å²) in [5, 5.41) is 9.91. The largest absolute Gasteiger partial charge is 0.462 e. The first-order valence-electron chi connectivity index (χ1n) is 4.99. The molecule has 14 heavy (non-hydrogen) atoms. The van der Waals surface area contributed by atoms with Crippen LogP contribution in [0.2, 0.25) is 0 Å². The van der Waals surface area contributed by atoms with Gasteiger partial charge in [0.25, 0.3) is 5.79 Å². The van der Waals surface area contributed by atoms with Crippen molar-refractivity contribution in [3.63, 3.8) is 0 Å². The Hall–Kier alpha value is -0.610. The highest BCUT2D eigenvalue weighted by Gasteiger charge is 2.46. The second-order valence-corrected chi connectivity index (χ2v) is 4.22. The molecule has 0 radical (unpaired) electrons. The third kappa shape index (κ3) is 2.45. The maximum atomic E-state index is 11.4. The molecule has 1 fully saturated rings. The highest BCUT2D eigenvalue weighted by molar-refractivity contribution is 5.77. The van der Waals surface area contributed by atoms with Gasteiger partial charge in [0.05, 0.1) is 12.2 Å². The fraction of sp³-hybridized carbons (Fsp3) is 0.900. The zero-order valence-corrected chi connectivity index (χ0v) is 9.00. The summed E-state index contributed by atoms with van der Waals surface area (Å²) in [6.45, 7) is 5.67. The summed E-state index contributed by atoms with van der Waals surface area (Å²) in [6.07, 6.45) is 1.92. The van der Waals surface area contributed by atoms with Crippen molar-refractivity contribution in [2.24, 2.45) is 0 Å². The molecule has 4 nitrogen and oxygen atoms in total. The van der Waals surface area contributed by atoms with Gasteiger partial charge in [-0.3, -0.25) is 0 Å². The molecule has 4 heteroatoms. The Kier molecular flexibility index (Phi) is 3.17. The van der Waals surface area contributed by atoms with Gasteiger partial charge in [0, 0.05) is 6.42 Å². The van der Waals surface area contributed by atoms with Crippen LogP contribution in [0.15, 0.2) is 0 Å². The summed E-state index contributed by atoms with van der Waals surface area (Å²) in [5.74, 6) is -2.41. The summed E-state index contributed by atoms with van der Waals surface area (Å²) in [4.78, 5) is 11.4. The molecule has 0 saturated carbocycles. The number of carbonyl (C=O) groups is 1. The van der Waals surface area contributed by atoms with Gasteiger partial charge in [0.1, 0.15) is 0 Å². The molecule has 0 aromatic rings. The number of hydrogen-bond donors (Lipinski definition) is 1. The number of carbonyl (C=O) groups excluding carboxylic acids is 1. The van der Waals surface area contributed by atoms with Crippen molar-refractivity contribution in [2.45, 2.75) is 51.4 Å². The van der Waals surface area contributed by atoms with Crippen LogP contribution >= 0.6 is 0 Å². The molecule has 1 unspecified atom stereocenters. The van der Waals surface area contributed by atoms with E-state index in [1.807, 2.05) is 13.8 Å². The Labute approximate surface area is 84.2 Å². The van der Waals surface area contributed by atoms with Crippen LogP contribution in [0.4, 0.5) is 0 Å². The van der Waals surface area contributed by atoms with Crippen molar-refractivity contribution in [1.29, 1.82) is 0 Å². The molecule has 1 aliphatic rings. The lowest BCUT2D eigenvalue weighted by Crippen LogP contribution is -2.51. The first kappa shape index (κ1) is 11.5. The molecule has 1 saturated heterocycles. The predicted octanol–water partition coefficient (Wildman–Crippen LogP) is 1.22. The fourth-order valence-corrected chi connectivity index (χ4v) is 1.70. The number of ether oxygens (including phenoxy) is 2. The van der Waals surface area contributed by atoms with Crippen molar-refractivity contribution in [3.05, 3.63) is 0 Å². The minimum Gasteiger partial charge on any atom is -0.462 e. The molecule has 0 amide bonds. The fourth-order valence-electron chi connectivity index (χ4n) is 1.70. The molecule has 1 heterocycles. The van der Waals surface area contributed by atoms with E-state index in [9.17, 15) is 9.90 Å². The lowest BCUT2D eigenvalue weighted by Gasteiger charge is -2.39. The van der Waals surface area contributed by atoms with Crippen LogP contribution < -0.4 is 0 Å². The van der Waals surface area contributed by atoms with Gasteiger partial charge < -0.3 is 14.6 Å². The van der Waals surface area contributed by atoms with Gasteiger partial charge in [-0.05, 0) is 33.6 Å². The Morgan fingerprint density at radius 2 is 2.14 bits per heavy atom. The number of hydrogen-bond acceptors (Lipinski definition) is 4. The van der Waals surface area contributed by atoms with E-state index in [1.54, 1.807) is 6.92 Å². The lowest BCUT2D eigenvalue weighted by molar-refractivity contribution is -0.280. The minimum absolute atomic E-state index is 0.255. The van der Waals surface area contributed by atoms with Crippen molar-refractivity contribution in [2.75, 3.05) is 6.61 Å². The molecule has 1 N–H and O–H groups in total. The zero-order chi connectivity index (χ0) is 10.8. The average molecular weight is 202 g/mol. The summed E-state index contributed by atoms with van der Waals surface area (Å²) in [7, 11) is 0. The summed E-state index contributed by atoms with van der Waals surface area (Å²) in [6, 6.07) is 0. The third-order valence-electron chi connectivity index (χ3n) is 2.33. The summed E-state index contributed by atoms with van der Waals surface area (Å²) < 4.78 is 10.1. The highest BCUT2D eigenvalue weighted by Crippen LogP contribution is 2.34. The molecule has 1 rings (SSSR count). The normalized spacial score (nSPS) is 31.1. The molecule has 1 atom stereocenters. The first-order valence-corrected chi connectivity index (χ1v) is 4.99. The predicted molar refractivity (Wildman–Crippen MR) is 50.6 cm³/mol. The standard InChI is InChI=1S/C10H18O4/c1-4-13-8(11)10(12)7-5-6-9(2,3)14-10/h12H,4-7H2,1-3H3. The van der Waals surface area contributed by atoms with Crippen LogP contribution in [0.5, 0.6) is 0 Å². The van der Waals surface area contributed by atoms with Crippen molar-refractivity contribution >= 4 is 5.97 Å². The summed E-state index contributed by atoms with van der Waals surface area (Å²) >= 11 is 0. The first-order chi connectivity index (χ1) is 6.40. The Morgan fingerprint density at radius 3 is 2.64 bits per heavy atom. The van der Waals surface area contributed by atoms with Gasteiger partial charge >= 0.3 is 5.97 Å². The molecule has 0 spiro atoms. The number of rotatable bonds is 2. The Bertz CT molecular complexity index is 224. The van der Waals surface area contributed by atoms with Gasteiger partial charge in [0.15, 0.2) is 0 Å². The maximum absolute atomic E-state index is 11.4. The molecular formula is C10H18O4. The average Bonchev–Trinajstić information content (AvgIpc) is 2.02. The van der Waals surface area contributed by atoms with E-state index >= 15 is 0 Å². The van der Waals surface area contributed by atoms with Crippen LogP contribution in [-0.4, -0.2) is 29.1 Å². The second kappa shape index (κ2) is 3.87. The number of aliphatic hydroxyl groups is 1. The van der Waals surface area contributed by atoms with E-state index in [2.05, 4.69) is 0 Å². The van der Waals surface area contributed by atoms with Crippen LogP contribution in [0.25, 0.3) is 0 Å². The molecular weight excluding hydrogens is 184 g/mol. The van der Waals surface area contributed by atoms with Gasteiger partial charge in [-0.2, -0.15) is 0 Å². The molecule has 0 aromatic heterocycles. The smallest absolute Gasteiger partial charge is 0.366 e. The number of esters is 1. The van der Waals surface area contributed by atoms with Crippen LogP contribution in [0.3, 0.4) is 0 Å². The molecule has 0 aliphatic carbocycles. The van der Waals surface area contributed by atoms with Crippen molar-refractivity contribution in [3.8, 4) is 0 Å². The quantitative estimate of drug-likeness (QED) is 0.684. The maximum Gasteiger partial charge on any atom is 0.366 e. The highest BCUT2D eigenvalue weighted by atomic mass is 16.7. The molecule has 1 aliphatic heterocycles. The van der Waals surface area contributed by atoms with Crippen LogP contribution in [0.1, 0.15) is 40.0 Å². The Balaban J connectivity index is 2.68. The SMILES string of the molecule is CCOC(=O)C1(O)CCCC(C)(C)O1. The summed E-state index contributed by atoms with van der Waals surface area (Å²) in [5.41, 5.74) is -0.459. The van der Waals surface area contributed by atoms with Gasteiger partial charge in [-0.1, -0.05) is 0 Å². The molecule has 82 valence electrons. The van der Waals surface area contributed by atoms with E-state index in [-0.39, 0.29) is 6.61 Å². The second-order valence-electron chi connectivity index (χ2n) is 4.22. The van der Waals surface area contributed by atoms with Gasteiger partial charge in [-0.25, -0.2) is 4.79 Å². The van der Waals surface area contributed by atoms with Gasteiger partial charge in [-0.15, -0.1) is 0 Å².